The molecule has 1 aliphatic rings. The van der Waals surface area contributed by atoms with Crippen LogP contribution in [0.5, 0.6) is 0 Å². The van der Waals surface area contributed by atoms with E-state index < -0.39 is 20.4 Å². The van der Waals surface area contributed by atoms with Gasteiger partial charge in [-0.15, -0.1) is 0 Å². The van der Waals surface area contributed by atoms with E-state index in [4.69, 9.17) is 0 Å². The fourth-order valence-electron chi connectivity index (χ4n) is 8.38. The van der Waals surface area contributed by atoms with E-state index in [1.54, 1.807) is 0 Å². The van der Waals surface area contributed by atoms with Crippen LogP contribution in [0.25, 0.3) is 72.6 Å². The minimum absolute atomic E-state index is 0.152. The summed E-state index contributed by atoms with van der Waals surface area (Å²) in [7, 11) is 0. The molecule has 0 unspecified atom stereocenters. The van der Waals surface area contributed by atoms with E-state index in [9.17, 15) is 4.79 Å². The fourth-order valence-corrected chi connectivity index (χ4v) is 11.6. The van der Waals surface area contributed by atoms with Gasteiger partial charge in [0.25, 0.3) is 0 Å². The van der Waals surface area contributed by atoms with E-state index in [2.05, 4.69) is 155 Å². The summed E-state index contributed by atoms with van der Waals surface area (Å²) in [6.07, 6.45) is 1.82. The summed E-state index contributed by atoms with van der Waals surface area (Å²) in [4.78, 5) is 14.7. The summed E-state index contributed by atoms with van der Waals surface area (Å²) in [6, 6.07) is 52.7. The predicted octanol–water partition coefficient (Wildman–Crippen LogP) is 10.1. The molecule has 0 aliphatic heterocycles. The third-order valence-electron chi connectivity index (χ3n) is 10.6. The van der Waals surface area contributed by atoms with Crippen LogP contribution in [-0.4, -0.2) is 29.6 Å². The number of nitrogens with zero attached hydrogens (tertiary/aromatic N) is 2. The van der Waals surface area contributed by atoms with Crippen LogP contribution in [0.4, 0.5) is 0 Å². The summed E-state index contributed by atoms with van der Waals surface area (Å²) in [5, 5.41) is 6.64. The molecule has 49 heavy (non-hydrogen) atoms. The Bertz CT molecular complexity index is 2980. The molecule has 11 rings (SSSR count). The summed E-state index contributed by atoms with van der Waals surface area (Å²) in [6.45, 7) is 0. The normalized spacial score (nSPS) is 12.8. The van der Waals surface area contributed by atoms with Crippen molar-refractivity contribution in [3.05, 3.63) is 178 Å². The van der Waals surface area contributed by atoms with Gasteiger partial charge in [-0.3, -0.25) is 0 Å². The zero-order chi connectivity index (χ0) is 32.2. The number of hydrogen-bond donors (Lipinski definition) is 0. The second-order valence-corrected chi connectivity index (χ2v) is 16.3. The molecule has 3 aromatic heterocycles. The molecule has 4 heteroatoms. The Morgan fingerprint density at radius 3 is 1.29 bits per heavy atom. The third kappa shape index (κ3) is 3.93. The van der Waals surface area contributed by atoms with Gasteiger partial charge in [0.2, 0.25) is 0 Å². The van der Waals surface area contributed by atoms with Crippen molar-refractivity contribution < 1.29 is 0 Å². The van der Waals surface area contributed by atoms with E-state index in [0.29, 0.717) is 0 Å². The molecule has 230 valence electrons. The molecule has 1 aliphatic carbocycles. The van der Waals surface area contributed by atoms with Gasteiger partial charge in [-0.2, -0.15) is 0 Å². The molecule has 0 amide bonds. The van der Waals surface area contributed by atoms with Gasteiger partial charge in [0.15, 0.2) is 0 Å². The molecule has 0 saturated heterocycles. The standard InChI is InChI=1S/C45H28N2OTe/c48-45-35-23-29-21-27-11-1-2-12-28(27)22-30(29)24-43(35)49-44-26-42(47-39-19-9-5-15-33(39)34-16-6-10-20-40(34)47)41(25-36(44)45)46-37-17-7-3-13-31(37)32-14-4-8-18-38(32)46/h1-20,23-26H,21-22H2. The van der Waals surface area contributed by atoms with Crippen molar-refractivity contribution in [3.63, 3.8) is 0 Å². The molecule has 0 fully saturated rings. The van der Waals surface area contributed by atoms with Gasteiger partial charge in [-0.1, -0.05) is 0 Å². The second kappa shape index (κ2) is 10.3. The van der Waals surface area contributed by atoms with Gasteiger partial charge >= 0.3 is 293 Å². The second-order valence-electron chi connectivity index (χ2n) is 13.2. The number of fused-ring (bicyclic) bond motifs is 10. The summed E-state index contributed by atoms with van der Waals surface area (Å²) >= 11 is -0.846. The Balaban J connectivity index is 1.28. The molecule has 0 atom stereocenters. The first kappa shape index (κ1) is 27.5. The maximum atomic E-state index is 14.7. The molecule has 0 radical (unpaired) electrons. The van der Waals surface area contributed by atoms with Crippen molar-refractivity contribution in [3.8, 4) is 11.4 Å². The van der Waals surface area contributed by atoms with Crippen molar-refractivity contribution in [2.75, 3.05) is 0 Å². The Hall–Kier alpha value is -5.40. The Kier molecular flexibility index (Phi) is 5.79. The van der Waals surface area contributed by atoms with Crippen molar-refractivity contribution in [1.82, 2.24) is 9.13 Å². The van der Waals surface area contributed by atoms with Crippen LogP contribution < -0.4 is 5.43 Å². The van der Waals surface area contributed by atoms with Crippen LogP contribution in [-0.2, 0) is 12.8 Å². The molecule has 3 nitrogen and oxygen atoms in total. The predicted molar refractivity (Wildman–Crippen MR) is 205 cm³/mol. The van der Waals surface area contributed by atoms with Gasteiger partial charge in [-0.25, -0.2) is 0 Å². The summed E-state index contributed by atoms with van der Waals surface area (Å²) in [5.74, 6) is 0. The first-order chi connectivity index (χ1) is 24.2. The Morgan fingerprint density at radius 2 is 0.776 bits per heavy atom. The topological polar surface area (TPSA) is 26.9 Å². The molecule has 7 aromatic carbocycles. The minimum atomic E-state index is -0.846. The Labute approximate surface area is 291 Å². The summed E-state index contributed by atoms with van der Waals surface area (Å²) in [5.41, 5.74) is 12.4. The van der Waals surface area contributed by atoms with Crippen molar-refractivity contribution >= 4 is 81.6 Å². The van der Waals surface area contributed by atoms with Crippen molar-refractivity contribution in [1.29, 1.82) is 0 Å². The number of hydrogen-bond acceptors (Lipinski definition) is 1. The fraction of sp³-hybridized carbons (Fsp3) is 0.0444. The average molecular weight is 740 g/mol. The van der Waals surface area contributed by atoms with Crippen molar-refractivity contribution in [2.24, 2.45) is 0 Å². The van der Waals surface area contributed by atoms with E-state index in [1.807, 2.05) is 0 Å². The van der Waals surface area contributed by atoms with Gasteiger partial charge in [-0.05, 0) is 0 Å². The number of aromatic nitrogens is 2. The van der Waals surface area contributed by atoms with Crippen molar-refractivity contribution in [2.45, 2.75) is 12.8 Å². The monoisotopic (exact) mass is 742 g/mol. The van der Waals surface area contributed by atoms with Crippen LogP contribution in [0, 0.1) is 0 Å². The van der Waals surface area contributed by atoms with E-state index in [0.717, 1.165) is 46.0 Å². The number of para-hydroxylation sites is 4. The van der Waals surface area contributed by atoms with Crippen LogP contribution in [0.15, 0.2) is 150 Å². The Morgan fingerprint density at radius 1 is 0.388 bits per heavy atom. The molecule has 10 aromatic rings. The van der Waals surface area contributed by atoms with Crippen LogP contribution >= 0.6 is 0 Å². The van der Waals surface area contributed by atoms with E-state index in [1.165, 1.54) is 61.6 Å². The third-order valence-corrected chi connectivity index (χ3v) is 13.8. The molecule has 0 saturated carbocycles. The van der Waals surface area contributed by atoms with Crippen LogP contribution in [0.3, 0.4) is 0 Å². The molecular weight excluding hydrogens is 712 g/mol. The molecule has 0 spiro atoms. The summed E-state index contributed by atoms with van der Waals surface area (Å²) < 4.78 is 7.29. The average Bonchev–Trinajstić information content (AvgIpc) is 3.66. The molecule has 3 heterocycles. The number of rotatable bonds is 2. The van der Waals surface area contributed by atoms with E-state index >= 15 is 0 Å². The van der Waals surface area contributed by atoms with Gasteiger partial charge in [0, 0.05) is 0 Å². The zero-order valence-electron chi connectivity index (χ0n) is 26.5. The van der Waals surface area contributed by atoms with E-state index in [-0.39, 0.29) is 5.43 Å². The first-order valence-corrected chi connectivity index (χ1v) is 19.1. The van der Waals surface area contributed by atoms with Gasteiger partial charge in [0.05, 0.1) is 0 Å². The van der Waals surface area contributed by atoms with Gasteiger partial charge in [0.1, 0.15) is 0 Å². The van der Waals surface area contributed by atoms with Crippen LogP contribution in [0.2, 0.25) is 0 Å². The zero-order valence-corrected chi connectivity index (χ0v) is 28.8. The SMILES string of the molecule is O=c1c2cc3c(cc2[te]c2cc(-n4c5ccccc5c5ccccc54)c(-n4c5ccccc5c5ccccc54)cc12)Cc1ccccc1C3. The van der Waals surface area contributed by atoms with Crippen LogP contribution in [0.1, 0.15) is 22.3 Å². The molecular formula is C45H28N2OTe. The quantitative estimate of drug-likeness (QED) is 0.128. The number of benzene rings is 7. The molecule has 0 bridgehead atoms. The first-order valence-electron chi connectivity index (χ1n) is 16.8. The maximum absolute atomic E-state index is 14.7. The molecule has 0 N–H and O–H groups in total. The van der Waals surface area contributed by atoms with Gasteiger partial charge < -0.3 is 0 Å².